The van der Waals surface area contributed by atoms with Crippen LogP contribution in [0.1, 0.15) is 29.5 Å². The van der Waals surface area contributed by atoms with Crippen LogP contribution in [0.25, 0.3) is 0 Å². The fourth-order valence-electron chi connectivity index (χ4n) is 2.23. The molecule has 3 rings (SSSR count). The Labute approximate surface area is 122 Å². The number of amides is 1. The van der Waals surface area contributed by atoms with Crippen LogP contribution in [0.15, 0.2) is 41.0 Å². The molecule has 1 aliphatic rings. The third-order valence-corrected chi connectivity index (χ3v) is 3.42. The van der Waals surface area contributed by atoms with Crippen molar-refractivity contribution < 1.29 is 18.7 Å². The molecule has 1 unspecified atom stereocenters. The Balaban J connectivity index is 1.55. The molecule has 0 fully saturated rings. The van der Waals surface area contributed by atoms with Crippen molar-refractivity contribution in [2.75, 3.05) is 6.79 Å². The van der Waals surface area contributed by atoms with E-state index >= 15 is 0 Å². The van der Waals surface area contributed by atoms with Crippen LogP contribution < -0.4 is 14.8 Å². The molecule has 1 amide bonds. The summed E-state index contributed by atoms with van der Waals surface area (Å²) in [4.78, 5) is 12.2. The molecule has 110 valence electrons. The molecule has 0 saturated carbocycles. The number of aryl methyl sites for hydroxylation is 1. The van der Waals surface area contributed by atoms with Gasteiger partial charge in [-0.05, 0) is 43.7 Å². The number of fused-ring (bicyclic) bond motifs is 1. The molecule has 5 nitrogen and oxygen atoms in total. The van der Waals surface area contributed by atoms with Gasteiger partial charge in [0.05, 0.1) is 6.26 Å². The van der Waals surface area contributed by atoms with Crippen molar-refractivity contribution in [3.05, 3.63) is 47.9 Å². The molecule has 5 heteroatoms. The van der Waals surface area contributed by atoms with Gasteiger partial charge in [-0.15, -0.1) is 0 Å². The number of furan rings is 1. The first-order chi connectivity index (χ1) is 10.2. The monoisotopic (exact) mass is 287 g/mol. The van der Waals surface area contributed by atoms with Gasteiger partial charge in [-0.3, -0.25) is 4.79 Å². The summed E-state index contributed by atoms with van der Waals surface area (Å²) in [5.41, 5.74) is 0.573. The fourth-order valence-corrected chi connectivity index (χ4v) is 2.23. The zero-order valence-electron chi connectivity index (χ0n) is 11.8. The van der Waals surface area contributed by atoms with E-state index in [1.165, 1.54) is 0 Å². The van der Waals surface area contributed by atoms with Crippen molar-refractivity contribution in [2.45, 2.75) is 25.8 Å². The van der Waals surface area contributed by atoms with Crippen LogP contribution >= 0.6 is 0 Å². The molecule has 0 radical (unpaired) electrons. The summed E-state index contributed by atoms with van der Waals surface area (Å²) in [6.07, 6.45) is 3.28. The second-order valence-electron chi connectivity index (χ2n) is 5.06. The topological polar surface area (TPSA) is 60.7 Å². The van der Waals surface area contributed by atoms with E-state index in [2.05, 4.69) is 5.32 Å². The summed E-state index contributed by atoms with van der Waals surface area (Å²) in [6.45, 7) is 2.19. The maximum atomic E-state index is 12.2. The van der Waals surface area contributed by atoms with Crippen LogP contribution in [0, 0.1) is 0 Å². The maximum Gasteiger partial charge on any atom is 0.251 e. The molecule has 0 aliphatic carbocycles. The minimum atomic E-state index is -0.111. The summed E-state index contributed by atoms with van der Waals surface area (Å²) in [6, 6.07) is 9.06. The zero-order valence-corrected chi connectivity index (χ0v) is 11.8. The van der Waals surface area contributed by atoms with Gasteiger partial charge in [-0.2, -0.15) is 0 Å². The number of hydrogen-bond acceptors (Lipinski definition) is 4. The fraction of sp³-hybridized carbons (Fsp3) is 0.312. The molecular formula is C16H17NO4. The second-order valence-corrected chi connectivity index (χ2v) is 5.06. The Morgan fingerprint density at radius 1 is 1.29 bits per heavy atom. The first-order valence-corrected chi connectivity index (χ1v) is 6.95. The Bertz CT molecular complexity index is 621. The molecule has 21 heavy (non-hydrogen) atoms. The number of benzene rings is 1. The molecule has 1 aromatic carbocycles. The zero-order chi connectivity index (χ0) is 14.7. The maximum absolute atomic E-state index is 12.2. The van der Waals surface area contributed by atoms with E-state index in [9.17, 15) is 4.79 Å². The number of ether oxygens (including phenoxy) is 2. The predicted octanol–water partition coefficient (Wildman–Crippen LogP) is 2.76. The molecule has 1 atom stereocenters. The number of carbonyl (C=O) groups excluding carboxylic acids is 1. The molecule has 2 aromatic rings. The highest BCUT2D eigenvalue weighted by molar-refractivity contribution is 5.95. The highest BCUT2D eigenvalue weighted by atomic mass is 16.7. The third-order valence-electron chi connectivity index (χ3n) is 3.42. The van der Waals surface area contributed by atoms with Crippen LogP contribution in [-0.2, 0) is 6.42 Å². The van der Waals surface area contributed by atoms with Crippen molar-refractivity contribution in [3.8, 4) is 11.5 Å². The molecular weight excluding hydrogens is 270 g/mol. The Morgan fingerprint density at radius 2 is 2.14 bits per heavy atom. The molecule has 0 bridgehead atoms. The summed E-state index contributed by atoms with van der Waals surface area (Å²) in [7, 11) is 0. The van der Waals surface area contributed by atoms with Crippen LogP contribution in [0.3, 0.4) is 0 Å². The Kier molecular flexibility index (Phi) is 3.81. The van der Waals surface area contributed by atoms with E-state index in [0.29, 0.717) is 17.1 Å². The minimum Gasteiger partial charge on any atom is -0.469 e. The van der Waals surface area contributed by atoms with Crippen LogP contribution in [0.5, 0.6) is 11.5 Å². The molecule has 0 spiro atoms. The van der Waals surface area contributed by atoms with Gasteiger partial charge in [0.2, 0.25) is 6.79 Å². The third kappa shape index (κ3) is 3.18. The van der Waals surface area contributed by atoms with Crippen molar-refractivity contribution in [1.82, 2.24) is 5.32 Å². The summed E-state index contributed by atoms with van der Waals surface area (Å²) < 4.78 is 15.8. The van der Waals surface area contributed by atoms with E-state index in [1.54, 1.807) is 24.5 Å². The standard InChI is InChI=1S/C16H17NO4/c1-11(4-6-13-3-2-8-19-13)17-16(18)12-5-7-14-15(9-12)21-10-20-14/h2-3,5,7-9,11H,4,6,10H2,1H3,(H,17,18). The van der Waals surface area contributed by atoms with Crippen LogP contribution in [0.2, 0.25) is 0 Å². The molecule has 1 N–H and O–H groups in total. The van der Waals surface area contributed by atoms with Gasteiger partial charge in [-0.25, -0.2) is 0 Å². The van der Waals surface area contributed by atoms with Crippen molar-refractivity contribution in [3.63, 3.8) is 0 Å². The highest BCUT2D eigenvalue weighted by Crippen LogP contribution is 2.32. The normalized spacial score (nSPS) is 14.0. The highest BCUT2D eigenvalue weighted by Gasteiger charge is 2.17. The van der Waals surface area contributed by atoms with Gasteiger partial charge in [0.15, 0.2) is 11.5 Å². The summed E-state index contributed by atoms with van der Waals surface area (Å²) in [5.74, 6) is 2.11. The first kappa shape index (κ1) is 13.5. The molecule has 1 aromatic heterocycles. The smallest absolute Gasteiger partial charge is 0.251 e. The van der Waals surface area contributed by atoms with E-state index in [0.717, 1.165) is 18.6 Å². The Morgan fingerprint density at radius 3 is 2.95 bits per heavy atom. The lowest BCUT2D eigenvalue weighted by Gasteiger charge is -2.13. The average molecular weight is 287 g/mol. The van der Waals surface area contributed by atoms with Gasteiger partial charge in [0.1, 0.15) is 5.76 Å². The van der Waals surface area contributed by atoms with Gasteiger partial charge in [-0.1, -0.05) is 0 Å². The van der Waals surface area contributed by atoms with Gasteiger partial charge in [0, 0.05) is 18.0 Å². The first-order valence-electron chi connectivity index (χ1n) is 6.95. The van der Waals surface area contributed by atoms with E-state index in [1.807, 2.05) is 19.1 Å². The number of hydrogen-bond donors (Lipinski definition) is 1. The van der Waals surface area contributed by atoms with E-state index in [4.69, 9.17) is 13.9 Å². The van der Waals surface area contributed by atoms with E-state index in [-0.39, 0.29) is 18.7 Å². The summed E-state index contributed by atoms with van der Waals surface area (Å²) >= 11 is 0. The van der Waals surface area contributed by atoms with Crippen molar-refractivity contribution in [1.29, 1.82) is 0 Å². The quantitative estimate of drug-likeness (QED) is 0.918. The average Bonchev–Trinajstić information content (AvgIpc) is 3.15. The van der Waals surface area contributed by atoms with Gasteiger partial charge < -0.3 is 19.2 Å². The SMILES string of the molecule is CC(CCc1ccco1)NC(=O)c1ccc2c(c1)OCO2. The van der Waals surface area contributed by atoms with Crippen molar-refractivity contribution >= 4 is 5.91 Å². The second kappa shape index (κ2) is 5.91. The molecule has 2 heterocycles. The lowest BCUT2D eigenvalue weighted by Crippen LogP contribution is -2.32. The lowest BCUT2D eigenvalue weighted by atomic mass is 10.1. The number of carbonyl (C=O) groups is 1. The number of rotatable bonds is 5. The number of nitrogens with one attached hydrogen (secondary N) is 1. The lowest BCUT2D eigenvalue weighted by molar-refractivity contribution is 0.0937. The van der Waals surface area contributed by atoms with Crippen molar-refractivity contribution in [2.24, 2.45) is 0 Å². The van der Waals surface area contributed by atoms with Gasteiger partial charge in [0.25, 0.3) is 5.91 Å². The van der Waals surface area contributed by atoms with Crippen LogP contribution in [0.4, 0.5) is 0 Å². The Hall–Kier alpha value is -2.43. The van der Waals surface area contributed by atoms with E-state index < -0.39 is 0 Å². The molecule has 1 aliphatic heterocycles. The van der Waals surface area contributed by atoms with Gasteiger partial charge >= 0.3 is 0 Å². The molecule has 0 saturated heterocycles. The largest absolute Gasteiger partial charge is 0.469 e. The predicted molar refractivity (Wildman–Crippen MR) is 76.5 cm³/mol. The summed E-state index contributed by atoms with van der Waals surface area (Å²) in [5, 5.41) is 2.97. The minimum absolute atomic E-state index is 0.0630. The van der Waals surface area contributed by atoms with Crippen LogP contribution in [-0.4, -0.2) is 18.7 Å².